The second-order valence-electron chi connectivity index (χ2n) is 7.95. The van der Waals surface area contributed by atoms with Crippen LogP contribution in [0, 0.1) is 18.3 Å². The maximum Gasteiger partial charge on any atom is 0.243 e. The van der Waals surface area contributed by atoms with Gasteiger partial charge in [0.2, 0.25) is 17.7 Å². The predicted octanol–water partition coefficient (Wildman–Crippen LogP) is 2.74. The van der Waals surface area contributed by atoms with Crippen molar-refractivity contribution in [2.45, 2.75) is 64.5 Å². The fraction of sp³-hybridized carbons (Fsp3) is 0.480. The van der Waals surface area contributed by atoms with Crippen molar-refractivity contribution < 1.29 is 14.4 Å². The van der Waals surface area contributed by atoms with Gasteiger partial charge in [0.15, 0.2) is 0 Å². The molecule has 0 aliphatic rings. The van der Waals surface area contributed by atoms with E-state index in [1.807, 2.05) is 44.2 Å². The van der Waals surface area contributed by atoms with Crippen LogP contribution in [0.3, 0.4) is 0 Å². The summed E-state index contributed by atoms with van der Waals surface area (Å²) < 4.78 is 0. The first-order chi connectivity index (χ1) is 14.9. The number of unbranched alkanes of at least 4 members (excludes halogenated alkanes) is 2. The Hall–Kier alpha value is -3.07. The van der Waals surface area contributed by atoms with E-state index in [1.54, 1.807) is 6.08 Å². The molecule has 3 amide bonds. The predicted molar refractivity (Wildman–Crippen MR) is 124 cm³/mol. The number of terminal acetylenes is 1. The van der Waals surface area contributed by atoms with Gasteiger partial charge in [-0.25, -0.2) is 0 Å². The molecule has 0 radical (unpaired) electrons. The van der Waals surface area contributed by atoms with Gasteiger partial charge < -0.3 is 16.0 Å². The molecule has 0 unspecified atom stereocenters. The topological polar surface area (TPSA) is 87.3 Å². The van der Waals surface area contributed by atoms with Gasteiger partial charge in [0.25, 0.3) is 0 Å². The lowest BCUT2D eigenvalue weighted by Gasteiger charge is -2.24. The molecule has 0 saturated carbocycles. The summed E-state index contributed by atoms with van der Waals surface area (Å²) in [6.07, 6.45) is 10.0. The van der Waals surface area contributed by atoms with Crippen molar-refractivity contribution in [1.29, 1.82) is 0 Å². The molecule has 31 heavy (non-hydrogen) atoms. The summed E-state index contributed by atoms with van der Waals surface area (Å²) in [6, 6.07) is 8.02. The lowest BCUT2D eigenvalue weighted by atomic mass is 10.0. The molecular weight excluding hydrogens is 390 g/mol. The molecule has 0 aliphatic heterocycles. The molecule has 168 valence electrons. The van der Waals surface area contributed by atoms with Crippen LogP contribution >= 0.6 is 0 Å². The Kier molecular flexibility index (Phi) is 12.4. The highest BCUT2D eigenvalue weighted by molar-refractivity contribution is 5.92. The van der Waals surface area contributed by atoms with Gasteiger partial charge in [-0.1, -0.05) is 50.3 Å². The lowest BCUT2D eigenvalue weighted by molar-refractivity contribution is -0.132. The van der Waals surface area contributed by atoms with Crippen molar-refractivity contribution in [3.05, 3.63) is 48.6 Å². The second kappa shape index (κ2) is 14.8. The molecule has 2 atom stereocenters. The molecule has 0 fully saturated rings. The zero-order valence-electron chi connectivity index (χ0n) is 18.7. The van der Waals surface area contributed by atoms with E-state index in [-0.39, 0.29) is 23.6 Å². The van der Waals surface area contributed by atoms with Crippen LogP contribution < -0.4 is 16.0 Å². The molecule has 1 rings (SSSR count). The number of hydrogen-bond acceptors (Lipinski definition) is 3. The Balaban J connectivity index is 2.88. The van der Waals surface area contributed by atoms with Gasteiger partial charge in [-0.05, 0) is 30.7 Å². The normalized spacial score (nSPS) is 12.3. The number of amides is 3. The first-order valence-corrected chi connectivity index (χ1v) is 10.8. The second-order valence-corrected chi connectivity index (χ2v) is 7.95. The minimum absolute atomic E-state index is 0.204. The molecule has 0 aromatic heterocycles. The number of hydrogen-bond donors (Lipinski definition) is 3. The van der Waals surface area contributed by atoms with E-state index in [2.05, 4.69) is 28.4 Å². The molecule has 0 heterocycles. The number of carbonyl (C=O) groups excluding carboxylic acids is 3. The van der Waals surface area contributed by atoms with Crippen LogP contribution in [0.1, 0.15) is 51.5 Å². The maximum atomic E-state index is 13.1. The van der Waals surface area contributed by atoms with Gasteiger partial charge in [-0.3, -0.25) is 14.4 Å². The van der Waals surface area contributed by atoms with Gasteiger partial charge in [-0.2, -0.15) is 0 Å². The van der Waals surface area contributed by atoms with E-state index in [4.69, 9.17) is 6.42 Å². The van der Waals surface area contributed by atoms with Crippen LogP contribution in [-0.2, 0) is 20.8 Å². The Labute approximate surface area is 186 Å². The maximum absolute atomic E-state index is 13.1. The van der Waals surface area contributed by atoms with Crippen LogP contribution in [0.15, 0.2) is 43.0 Å². The highest BCUT2D eigenvalue weighted by Crippen LogP contribution is 2.09. The van der Waals surface area contributed by atoms with E-state index in [9.17, 15) is 14.4 Å². The van der Waals surface area contributed by atoms with Gasteiger partial charge >= 0.3 is 0 Å². The van der Waals surface area contributed by atoms with Crippen molar-refractivity contribution in [2.24, 2.45) is 5.92 Å². The quantitative estimate of drug-likeness (QED) is 0.243. The highest BCUT2D eigenvalue weighted by Gasteiger charge is 2.27. The van der Waals surface area contributed by atoms with E-state index in [1.165, 1.54) is 0 Å². The minimum atomic E-state index is -0.774. The lowest BCUT2D eigenvalue weighted by Crippen LogP contribution is -2.54. The average molecular weight is 426 g/mol. The largest absolute Gasteiger partial charge is 0.351 e. The SMILES string of the molecule is C#CCCCCC(=O)N[C@@H](Cc1ccccc1)C(=O)N[C@@H](CC(C)C)C(=O)NCC=C. The summed E-state index contributed by atoms with van der Waals surface area (Å²) in [5.41, 5.74) is 0.923. The van der Waals surface area contributed by atoms with E-state index < -0.39 is 12.1 Å². The monoisotopic (exact) mass is 425 g/mol. The van der Waals surface area contributed by atoms with Gasteiger partial charge in [0.1, 0.15) is 12.1 Å². The molecule has 1 aromatic carbocycles. The fourth-order valence-electron chi connectivity index (χ4n) is 3.11. The Morgan fingerprint density at radius 3 is 2.39 bits per heavy atom. The Bertz CT molecular complexity index is 753. The van der Waals surface area contributed by atoms with E-state index in [0.717, 1.165) is 12.0 Å². The molecule has 0 saturated heterocycles. The summed E-state index contributed by atoms with van der Waals surface area (Å²) in [5.74, 6) is 1.92. The third-order valence-electron chi connectivity index (χ3n) is 4.67. The first kappa shape index (κ1) is 26.0. The third-order valence-corrected chi connectivity index (χ3v) is 4.67. The number of benzene rings is 1. The summed E-state index contributed by atoms with van der Waals surface area (Å²) in [7, 11) is 0. The van der Waals surface area contributed by atoms with E-state index >= 15 is 0 Å². The standard InChI is InChI=1S/C25H35N3O3/c1-5-7-8-12-15-23(29)27-22(18-20-13-10-9-11-14-20)25(31)28-21(17-19(3)4)24(30)26-16-6-2/h1,6,9-11,13-14,19,21-22H,2,7-8,12,15-18H2,3-4H3,(H,26,30)(H,27,29)(H,28,31)/t21-,22-/m0/s1. The number of rotatable bonds is 14. The Morgan fingerprint density at radius 1 is 1.06 bits per heavy atom. The summed E-state index contributed by atoms with van der Waals surface area (Å²) in [5, 5.41) is 8.40. The minimum Gasteiger partial charge on any atom is -0.351 e. The van der Waals surface area contributed by atoms with Gasteiger partial charge in [0, 0.05) is 25.8 Å². The zero-order valence-corrected chi connectivity index (χ0v) is 18.7. The van der Waals surface area contributed by atoms with Crippen LogP contribution in [0.2, 0.25) is 0 Å². The molecule has 0 spiro atoms. The van der Waals surface area contributed by atoms with Crippen LogP contribution in [0.4, 0.5) is 0 Å². The highest BCUT2D eigenvalue weighted by atomic mass is 16.2. The van der Waals surface area contributed by atoms with Crippen molar-refractivity contribution in [2.75, 3.05) is 6.54 Å². The van der Waals surface area contributed by atoms with Crippen molar-refractivity contribution in [3.8, 4) is 12.3 Å². The smallest absolute Gasteiger partial charge is 0.243 e. The molecule has 0 bridgehead atoms. The summed E-state index contributed by atoms with van der Waals surface area (Å²) in [6.45, 7) is 7.89. The zero-order chi connectivity index (χ0) is 23.1. The molecule has 6 nitrogen and oxygen atoms in total. The molecule has 6 heteroatoms. The van der Waals surface area contributed by atoms with Crippen molar-refractivity contribution in [3.63, 3.8) is 0 Å². The van der Waals surface area contributed by atoms with Crippen molar-refractivity contribution in [1.82, 2.24) is 16.0 Å². The van der Waals surface area contributed by atoms with Crippen LogP contribution in [0.25, 0.3) is 0 Å². The van der Waals surface area contributed by atoms with Gasteiger partial charge in [0.05, 0.1) is 0 Å². The van der Waals surface area contributed by atoms with Crippen LogP contribution in [-0.4, -0.2) is 36.3 Å². The molecule has 0 aliphatic carbocycles. The first-order valence-electron chi connectivity index (χ1n) is 10.8. The third kappa shape index (κ3) is 11.0. The Morgan fingerprint density at radius 2 is 1.77 bits per heavy atom. The molecular formula is C25H35N3O3. The van der Waals surface area contributed by atoms with E-state index in [0.29, 0.717) is 38.6 Å². The van der Waals surface area contributed by atoms with Crippen molar-refractivity contribution >= 4 is 17.7 Å². The average Bonchev–Trinajstić information content (AvgIpc) is 2.74. The van der Waals surface area contributed by atoms with Crippen LogP contribution in [0.5, 0.6) is 0 Å². The molecule has 3 N–H and O–H groups in total. The fourth-order valence-corrected chi connectivity index (χ4v) is 3.11. The summed E-state index contributed by atoms with van der Waals surface area (Å²) in [4.78, 5) is 38.0. The number of nitrogens with one attached hydrogen (secondary N) is 3. The summed E-state index contributed by atoms with van der Waals surface area (Å²) >= 11 is 0. The number of carbonyl (C=O) groups is 3. The van der Waals surface area contributed by atoms with Gasteiger partial charge in [-0.15, -0.1) is 18.9 Å². The molecule has 1 aromatic rings.